The number of carbonyl (C=O) groups excluding carboxylic acids is 2. The molecule has 0 saturated heterocycles. The number of carbonyl (C=O) groups is 2. The van der Waals surface area contributed by atoms with E-state index in [2.05, 4.69) is 9.47 Å². The maximum Gasteiger partial charge on any atom is 0.516 e. The summed E-state index contributed by atoms with van der Waals surface area (Å²) in [5.74, 6) is -0.695. The van der Waals surface area contributed by atoms with Gasteiger partial charge in [-0.3, -0.25) is 4.79 Å². The fourth-order valence-corrected chi connectivity index (χ4v) is 1.28. The smallest absolute Gasteiger partial charge is 0.434 e. The molecule has 1 aromatic rings. The maximum absolute atomic E-state index is 11.3. The third-order valence-corrected chi connectivity index (χ3v) is 2.07. The van der Waals surface area contributed by atoms with E-state index in [1.165, 1.54) is 0 Å². The molecule has 0 aromatic heterocycles. The molecule has 0 spiro atoms. The van der Waals surface area contributed by atoms with Gasteiger partial charge in [0.2, 0.25) is 0 Å². The Labute approximate surface area is 99.5 Å². The Kier molecular flexibility index (Phi) is 5.16. The summed E-state index contributed by atoms with van der Waals surface area (Å²) >= 11 is 0. The molecule has 1 unspecified atom stereocenters. The van der Waals surface area contributed by atoms with Gasteiger partial charge in [-0.25, -0.2) is 4.79 Å². The average molecular weight is 237 g/mol. The van der Waals surface area contributed by atoms with Crippen LogP contribution < -0.4 is 5.73 Å². The molecule has 1 rings (SSSR count). The highest BCUT2D eigenvalue weighted by Crippen LogP contribution is 2.13. The highest BCUT2D eigenvalue weighted by atomic mass is 16.7. The number of benzene rings is 1. The molecule has 92 valence electrons. The van der Waals surface area contributed by atoms with E-state index >= 15 is 0 Å². The minimum atomic E-state index is -0.988. The van der Waals surface area contributed by atoms with Gasteiger partial charge >= 0.3 is 12.1 Å². The molecule has 0 aliphatic carbocycles. The van der Waals surface area contributed by atoms with Crippen LogP contribution in [0.4, 0.5) is 4.79 Å². The van der Waals surface area contributed by atoms with Crippen LogP contribution in [0.2, 0.25) is 0 Å². The van der Waals surface area contributed by atoms with Gasteiger partial charge in [-0.15, -0.1) is 0 Å². The van der Waals surface area contributed by atoms with Gasteiger partial charge < -0.3 is 15.2 Å². The van der Waals surface area contributed by atoms with Crippen molar-refractivity contribution in [2.24, 2.45) is 5.73 Å². The van der Waals surface area contributed by atoms with Gasteiger partial charge in [-0.05, 0) is 12.5 Å². The molecule has 2 N–H and O–H groups in total. The zero-order valence-electron chi connectivity index (χ0n) is 9.59. The van der Waals surface area contributed by atoms with Crippen LogP contribution in [0.25, 0.3) is 0 Å². The minimum absolute atomic E-state index is 0.0666. The van der Waals surface area contributed by atoms with E-state index in [9.17, 15) is 9.59 Å². The lowest BCUT2D eigenvalue weighted by molar-refractivity contribution is -0.140. The van der Waals surface area contributed by atoms with Crippen molar-refractivity contribution in [1.82, 2.24) is 0 Å². The number of hydrogen-bond acceptors (Lipinski definition) is 5. The maximum atomic E-state index is 11.3. The van der Waals surface area contributed by atoms with Crippen molar-refractivity contribution in [1.29, 1.82) is 0 Å². The van der Waals surface area contributed by atoms with Gasteiger partial charge in [0.1, 0.15) is 0 Å². The molecule has 5 nitrogen and oxygen atoms in total. The largest absolute Gasteiger partial charge is 0.516 e. The second kappa shape index (κ2) is 6.65. The third kappa shape index (κ3) is 4.65. The lowest BCUT2D eigenvalue weighted by Gasteiger charge is -2.10. The zero-order chi connectivity index (χ0) is 12.7. The molecular formula is C12H15NO4. The summed E-state index contributed by atoms with van der Waals surface area (Å²) < 4.78 is 8.88. The summed E-state index contributed by atoms with van der Waals surface area (Å²) in [6, 6.07) is 8.63. The van der Waals surface area contributed by atoms with Gasteiger partial charge in [0, 0.05) is 6.04 Å². The van der Waals surface area contributed by atoms with Crippen molar-refractivity contribution in [2.75, 3.05) is 6.61 Å². The summed E-state index contributed by atoms with van der Waals surface area (Å²) in [7, 11) is 0. The van der Waals surface area contributed by atoms with Crippen molar-refractivity contribution in [2.45, 2.75) is 19.4 Å². The molecule has 17 heavy (non-hydrogen) atoms. The number of nitrogens with two attached hydrogens (primary N) is 1. The summed E-state index contributed by atoms with van der Waals surface area (Å²) in [6.07, 6.45) is -1.05. The lowest BCUT2D eigenvalue weighted by Crippen LogP contribution is -2.20. The van der Waals surface area contributed by atoms with E-state index in [0.29, 0.717) is 0 Å². The molecule has 0 amide bonds. The first-order valence-electron chi connectivity index (χ1n) is 5.31. The average Bonchev–Trinajstić information content (AvgIpc) is 2.30. The fourth-order valence-electron chi connectivity index (χ4n) is 1.28. The molecular weight excluding hydrogens is 222 g/mol. The summed E-state index contributed by atoms with van der Waals surface area (Å²) in [5.41, 5.74) is 6.61. The van der Waals surface area contributed by atoms with Crippen LogP contribution in [0.5, 0.6) is 0 Å². The van der Waals surface area contributed by atoms with Crippen LogP contribution in [0, 0.1) is 0 Å². The molecule has 0 saturated carbocycles. The standard InChI is InChI=1S/C12H15NO4/c1-2-16-12(15)17-11(14)8-10(13)9-6-4-3-5-7-9/h3-7,10H,2,8,13H2,1H3. The van der Waals surface area contributed by atoms with Crippen LogP contribution in [0.1, 0.15) is 24.9 Å². The monoisotopic (exact) mass is 237 g/mol. The Morgan fingerprint density at radius 3 is 2.53 bits per heavy atom. The topological polar surface area (TPSA) is 78.6 Å². The number of esters is 1. The van der Waals surface area contributed by atoms with Crippen LogP contribution in [-0.2, 0) is 14.3 Å². The second-order valence-corrected chi connectivity index (χ2v) is 3.38. The van der Waals surface area contributed by atoms with Crippen molar-refractivity contribution < 1.29 is 19.1 Å². The first kappa shape index (κ1) is 13.2. The Morgan fingerprint density at radius 1 is 1.29 bits per heavy atom. The predicted molar refractivity (Wildman–Crippen MR) is 61.1 cm³/mol. The molecule has 1 atom stereocenters. The number of rotatable bonds is 4. The highest BCUT2D eigenvalue weighted by molar-refractivity contribution is 5.82. The summed E-state index contributed by atoms with van der Waals surface area (Å²) in [5, 5.41) is 0. The molecule has 0 bridgehead atoms. The van der Waals surface area contributed by atoms with E-state index in [0.717, 1.165) is 5.56 Å². The first-order chi connectivity index (χ1) is 8.13. The van der Waals surface area contributed by atoms with Gasteiger partial charge in [-0.2, -0.15) is 0 Å². The molecule has 5 heteroatoms. The quantitative estimate of drug-likeness (QED) is 0.637. The van der Waals surface area contributed by atoms with Gasteiger partial charge in [-0.1, -0.05) is 30.3 Å². The van der Waals surface area contributed by atoms with Crippen LogP contribution >= 0.6 is 0 Å². The summed E-state index contributed by atoms with van der Waals surface area (Å²) in [4.78, 5) is 22.2. The van der Waals surface area contributed by atoms with Crippen LogP contribution in [-0.4, -0.2) is 18.7 Å². The molecule has 0 aliphatic rings. The Bertz CT molecular complexity index is 377. The summed E-state index contributed by atoms with van der Waals surface area (Å²) in [6.45, 7) is 1.79. The fraction of sp³-hybridized carbons (Fsp3) is 0.333. The predicted octanol–water partition coefficient (Wildman–Crippen LogP) is 1.78. The molecule has 0 heterocycles. The van der Waals surface area contributed by atoms with Crippen molar-refractivity contribution in [3.63, 3.8) is 0 Å². The van der Waals surface area contributed by atoms with Crippen LogP contribution in [0.15, 0.2) is 30.3 Å². The zero-order valence-corrected chi connectivity index (χ0v) is 9.59. The van der Waals surface area contributed by atoms with Gasteiger partial charge in [0.25, 0.3) is 0 Å². The number of hydrogen-bond donors (Lipinski definition) is 1. The Hall–Kier alpha value is -1.88. The van der Waals surface area contributed by atoms with E-state index in [4.69, 9.17) is 5.73 Å². The van der Waals surface area contributed by atoms with Gasteiger partial charge in [0.15, 0.2) is 0 Å². The molecule has 0 radical (unpaired) electrons. The van der Waals surface area contributed by atoms with Crippen molar-refractivity contribution >= 4 is 12.1 Å². The highest BCUT2D eigenvalue weighted by Gasteiger charge is 2.16. The van der Waals surface area contributed by atoms with E-state index in [1.54, 1.807) is 6.92 Å². The molecule has 0 aliphatic heterocycles. The molecule has 0 fully saturated rings. The first-order valence-corrected chi connectivity index (χ1v) is 5.31. The molecule has 1 aromatic carbocycles. The number of ether oxygens (including phenoxy) is 2. The van der Waals surface area contributed by atoms with E-state index < -0.39 is 18.2 Å². The van der Waals surface area contributed by atoms with E-state index in [1.807, 2.05) is 30.3 Å². The lowest BCUT2D eigenvalue weighted by atomic mass is 10.1. The van der Waals surface area contributed by atoms with E-state index in [-0.39, 0.29) is 13.0 Å². The SMILES string of the molecule is CCOC(=O)OC(=O)CC(N)c1ccccc1. The van der Waals surface area contributed by atoms with Crippen LogP contribution in [0.3, 0.4) is 0 Å². The Balaban J connectivity index is 2.44. The minimum Gasteiger partial charge on any atom is -0.434 e. The second-order valence-electron chi connectivity index (χ2n) is 3.38. The van der Waals surface area contributed by atoms with Crippen molar-refractivity contribution in [3.8, 4) is 0 Å². The third-order valence-electron chi connectivity index (χ3n) is 2.07. The normalized spacial score (nSPS) is 11.6. The van der Waals surface area contributed by atoms with Crippen molar-refractivity contribution in [3.05, 3.63) is 35.9 Å². The Morgan fingerprint density at radius 2 is 1.94 bits per heavy atom. The van der Waals surface area contributed by atoms with Gasteiger partial charge in [0.05, 0.1) is 13.0 Å².